The molecule has 4 rings (SSSR count). The molecule has 1 aromatic heterocycles. The Morgan fingerprint density at radius 3 is 2.51 bits per heavy atom. The minimum atomic E-state index is -4.41. The van der Waals surface area contributed by atoms with Gasteiger partial charge in [-0.05, 0) is 37.1 Å². The van der Waals surface area contributed by atoms with Gasteiger partial charge in [0.25, 0.3) is 0 Å². The molecule has 2 aromatic rings. The predicted molar refractivity (Wildman–Crippen MR) is 121 cm³/mol. The number of nitrogens with zero attached hydrogens (tertiary/aromatic N) is 4. The van der Waals surface area contributed by atoms with Crippen molar-refractivity contribution in [1.29, 1.82) is 0 Å². The summed E-state index contributed by atoms with van der Waals surface area (Å²) in [5.41, 5.74) is 5.52. The third-order valence-corrected chi connectivity index (χ3v) is 6.84. The number of halogens is 4. The van der Waals surface area contributed by atoms with E-state index in [1.54, 1.807) is 4.90 Å². The van der Waals surface area contributed by atoms with Gasteiger partial charge in [-0.1, -0.05) is 12.1 Å². The van der Waals surface area contributed by atoms with Crippen LogP contribution in [0.4, 0.5) is 29.2 Å². The normalized spacial score (nSPS) is 24.1. The van der Waals surface area contributed by atoms with Gasteiger partial charge in [0.1, 0.15) is 12.6 Å². The number of alkyl halides is 3. The maximum atomic E-state index is 15.3. The summed E-state index contributed by atoms with van der Waals surface area (Å²) in [5.74, 6) is -0.751. The minimum absolute atomic E-state index is 0.00424. The molecule has 190 valence electrons. The first kappa shape index (κ1) is 25.3. The van der Waals surface area contributed by atoms with Crippen LogP contribution in [-0.2, 0) is 11.0 Å². The van der Waals surface area contributed by atoms with E-state index < -0.39 is 29.7 Å². The number of aliphatic hydroxyl groups is 1. The van der Waals surface area contributed by atoms with Gasteiger partial charge in [-0.3, -0.25) is 4.90 Å². The Morgan fingerprint density at radius 1 is 1.20 bits per heavy atom. The van der Waals surface area contributed by atoms with E-state index in [1.807, 2.05) is 4.90 Å². The van der Waals surface area contributed by atoms with Crippen molar-refractivity contribution in [2.24, 2.45) is 11.7 Å². The van der Waals surface area contributed by atoms with E-state index in [0.29, 0.717) is 38.0 Å². The molecule has 0 aliphatic carbocycles. The molecule has 2 aliphatic heterocycles. The number of hydrogen-bond acceptors (Lipinski definition) is 8. The van der Waals surface area contributed by atoms with Gasteiger partial charge in [0.15, 0.2) is 11.6 Å². The molecule has 2 aliphatic rings. The fourth-order valence-corrected chi connectivity index (χ4v) is 4.63. The molecule has 4 N–H and O–H groups in total. The summed E-state index contributed by atoms with van der Waals surface area (Å²) in [6.45, 7) is 1.85. The van der Waals surface area contributed by atoms with E-state index in [1.165, 1.54) is 18.5 Å². The zero-order valence-electron chi connectivity index (χ0n) is 19.0. The van der Waals surface area contributed by atoms with Crippen molar-refractivity contribution < 1.29 is 27.5 Å². The van der Waals surface area contributed by atoms with Gasteiger partial charge in [-0.2, -0.15) is 17.6 Å². The summed E-state index contributed by atoms with van der Waals surface area (Å²) in [6.07, 6.45) is -1.86. The Hall–Kier alpha value is -2.83. The summed E-state index contributed by atoms with van der Waals surface area (Å²) < 4.78 is 53.8. The monoisotopic (exact) mass is 496 g/mol. The Balaban J connectivity index is 1.40. The van der Waals surface area contributed by atoms with Crippen LogP contribution in [0.2, 0.25) is 0 Å². The topological polar surface area (TPSA) is 108 Å². The maximum absolute atomic E-state index is 15.3. The zero-order valence-corrected chi connectivity index (χ0v) is 19.0. The van der Waals surface area contributed by atoms with Crippen molar-refractivity contribution in [3.8, 4) is 0 Å². The number of carbonyl (C=O) groups is 1. The number of aliphatic hydroxyl groups excluding tert-OH is 1. The highest BCUT2D eigenvalue weighted by Crippen LogP contribution is 2.39. The number of carbonyl (C=O) groups excluding carboxylic acids is 1. The highest BCUT2D eigenvalue weighted by molar-refractivity contribution is 5.58. The van der Waals surface area contributed by atoms with Crippen LogP contribution in [0.1, 0.15) is 30.0 Å². The molecular formula is C23H28F4N6O2. The number of nitrogens with two attached hydrogens (primary N) is 1. The quantitative estimate of drug-likeness (QED) is 0.377. The van der Waals surface area contributed by atoms with Crippen LogP contribution in [0.25, 0.3) is 0 Å². The van der Waals surface area contributed by atoms with Gasteiger partial charge < -0.3 is 25.9 Å². The molecule has 0 radical (unpaired) electrons. The Labute approximate surface area is 200 Å². The minimum Gasteiger partial charge on any atom is -0.391 e. The number of aromatic nitrogens is 2. The number of hydrogen-bond donors (Lipinski definition) is 3. The first-order valence-corrected chi connectivity index (χ1v) is 11.5. The summed E-state index contributed by atoms with van der Waals surface area (Å²) in [6, 6.07) is 4.15. The second-order valence-electron chi connectivity index (χ2n) is 8.91. The number of likely N-dealkylation sites (tertiary alicyclic amines) is 1. The van der Waals surface area contributed by atoms with E-state index in [0.717, 1.165) is 18.4 Å². The number of β-amino-alcohol motifs (C(OH)–C–C–N with tert-alkyl or cyclic N) is 1. The van der Waals surface area contributed by atoms with Crippen LogP contribution in [0.5, 0.6) is 0 Å². The molecule has 12 heteroatoms. The molecule has 2 fully saturated rings. The standard InChI is InChI=1S/C23H28F4N6O2/c24-20-21(29-10-15-5-7-32(11-19(15)35)17(9-28)12-34)30-13-31-22(20)33-8-6-18(33)14-1-3-16(4-2-14)23(25,26)27/h1-4,12-13,15,17-19,35H,5-11,28H2,(H,29,30,31)/t15-,17?,18?,19+/m0/s1. The highest BCUT2D eigenvalue weighted by atomic mass is 19.4. The summed E-state index contributed by atoms with van der Waals surface area (Å²) >= 11 is 0. The van der Waals surface area contributed by atoms with Crippen LogP contribution in [0, 0.1) is 11.7 Å². The highest BCUT2D eigenvalue weighted by Gasteiger charge is 2.35. The number of nitrogens with one attached hydrogen (secondary N) is 1. The van der Waals surface area contributed by atoms with E-state index in [9.17, 15) is 23.1 Å². The van der Waals surface area contributed by atoms with Crippen molar-refractivity contribution in [3.63, 3.8) is 0 Å². The molecule has 0 saturated carbocycles. The molecule has 1 aromatic carbocycles. The largest absolute Gasteiger partial charge is 0.416 e. The molecular weight excluding hydrogens is 468 g/mol. The van der Waals surface area contributed by atoms with Gasteiger partial charge >= 0.3 is 6.18 Å². The van der Waals surface area contributed by atoms with E-state index in [2.05, 4.69) is 15.3 Å². The third kappa shape index (κ3) is 5.39. The lowest BCUT2D eigenvalue weighted by atomic mass is 9.92. The molecule has 35 heavy (non-hydrogen) atoms. The van der Waals surface area contributed by atoms with Gasteiger partial charge in [-0.25, -0.2) is 9.97 Å². The van der Waals surface area contributed by atoms with Gasteiger partial charge in [0, 0.05) is 32.1 Å². The van der Waals surface area contributed by atoms with E-state index >= 15 is 4.39 Å². The van der Waals surface area contributed by atoms with Crippen molar-refractivity contribution >= 4 is 17.9 Å². The first-order valence-electron chi connectivity index (χ1n) is 11.5. The molecule has 0 bridgehead atoms. The fourth-order valence-electron chi connectivity index (χ4n) is 4.63. The second-order valence-corrected chi connectivity index (χ2v) is 8.91. The smallest absolute Gasteiger partial charge is 0.391 e. The third-order valence-electron chi connectivity index (χ3n) is 6.84. The van der Waals surface area contributed by atoms with Crippen molar-refractivity contribution in [3.05, 3.63) is 47.5 Å². The summed E-state index contributed by atoms with van der Waals surface area (Å²) in [5, 5.41) is 13.5. The van der Waals surface area contributed by atoms with Crippen molar-refractivity contribution in [2.45, 2.75) is 37.2 Å². The number of aldehydes is 1. The summed E-state index contributed by atoms with van der Waals surface area (Å²) in [4.78, 5) is 22.7. The number of benzene rings is 1. The lowest BCUT2D eigenvalue weighted by molar-refractivity contribution is -0.137. The van der Waals surface area contributed by atoms with Gasteiger partial charge in [0.05, 0.1) is 23.8 Å². The number of rotatable bonds is 8. The fraction of sp³-hybridized carbons (Fsp3) is 0.522. The molecule has 0 spiro atoms. The predicted octanol–water partition coefficient (Wildman–Crippen LogP) is 2.21. The Kier molecular flexibility index (Phi) is 7.53. The summed E-state index contributed by atoms with van der Waals surface area (Å²) in [7, 11) is 0. The van der Waals surface area contributed by atoms with Crippen molar-refractivity contribution in [2.75, 3.05) is 42.9 Å². The average molecular weight is 497 g/mol. The molecule has 2 saturated heterocycles. The van der Waals surface area contributed by atoms with Crippen molar-refractivity contribution in [1.82, 2.24) is 14.9 Å². The lowest BCUT2D eigenvalue weighted by Gasteiger charge is -2.42. The Morgan fingerprint density at radius 2 is 1.94 bits per heavy atom. The van der Waals surface area contributed by atoms with Crippen LogP contribution >= 0.6 is 0 Å². The molecule has 2 unspecified atom stereocenters. The number of anilines is 2. The van der Waals surface area contributed by atoms with Crippen LogP contribution in [-0.4, -0.2) is 71.1 Å². The van der Waals surface area contributed by atoms with E-state index in [-0.39, 0.29) is 36.7 Å². The molecule has 4 atom stereocenters. The number of piperidine rings is 1. The zero-order chi connectivity index (χ0) is 25.2. The molecule has 8 nitrogen and oxygen atoms in total. The Bertz CT molecular complexity index is 1020. The van der Waals surface area contributed by atoms with Gasteiger partial charge in [0.2, 0.25) is 5.82 Å². The lowest BCUT2D eigenvalue weighted by Crippen LogP contribution is -2.52. The van der Waals surface area contributed by atoms with Crippen LogP contribution < -0.4 is 16.0 Å². The van der Waals surface area contributed by atoms with Crippen LogP contribution in [0.15, 0.2) is 30.6 Å². The second kappa shape index (κ2) is 10.4. The van der Waals surface area contributed by atoms with Crippen LogP contribution in [0.3, 0.4) is 0 Å². The SMILES string of the molecule is NCC(C=O)N1CC[C@@H](CNc2ncnc(N3CCC3c3ccc(C(F)(F)F)cc3)c2F)[C@H](O)C1. The molecule has 0 amide bonds. The maximum Gasteiger partial charge on any atom is 0.416 e. The average Bonchev–Trinajstić information content (AvgIpc) is 2.80. The first-order chi connectivity index (χ1) is 16.7. The van der Waals surface area contributed by atoms with Gasteiger partial charge in [-0.15, -0.1) is 0 Å². The molecule has 3 heterocycles. The van der Waals surface area contributed by atoms with E-state index in [4.69, 9.17) is 5.73 Å².